The standard InChI is InChI=1S/C25H27F3N4O4/c1-4-31-18-13-32(21(14(2)3)22(33)29-12-15-8-7-11-36-15)23(34)19(18)20(30-24(31)35)16-9-5-6-10-17(16)25(26,27)28/h5-11,14,20-21H,4,12-13H2,1-3H3,(H,29,33)(H,30,35). The van der Waals surface area contributed by atoms with E-state index in [-0.39, 0.29) is 36.7 Å². The van der Waals surface area contributed by atoms with E-state index >= 15 is 0 Å². The third-order valence-electron chi connectivity index (χ3n) is 6.40. The number of carbonyl (C=O) groups excluding carboxylic acids is 3. The van der Waals surface area contributed by atoms with Crippen LogP contribution in [-0.2, 0) is 22.3 Å². The molecule has 0 bridgehead atoms. The van der Waals surface area contributed by atoms with E-state index in [9.17, 15) is 27.6 Å². The lowest BCUT2D eigenvalue weighted by molar-refractivity contribution is -0.139. The van der Waals surface area contributed by atoms with Crippen LogP contribution in [-0.4, -0.2) is 46.8 Å². The minimum atomic E-state index is -4.68. The van der Waals surface area contributed by atoms with Gasteiger partial charge in [0.1, 0.15) is 11.8 Å². The maximum absolute atomic E-state index is 13.8. The fourth-order valence-electron chi connectivity index (χ4n) is 4.81. The van der Waals surface area contributed by atoms with Gasteiger partial charge in [0, 0.05) is 6.54 Å². The number of likely N-dealkylation sites (N-methyl/N-ethyl adjacent to an activating group) is 1. The van der Waals surface area contributed by atoms with E-state index in [0.29, 0.717) is 11.5 Å². The van der Waals surface area contributed by atoms with Crippen LogP contribution in [0.3, 0.4) is 0 Å². The fourth-order valence-corrected chi connectivity index (χ4v) is 4.81. The van der Waals surface area contributed by atoms with Crippen molar-refractivity contribution in [1.82, 2.24) is 20.4 Å². The number of alkyl halides is 3. The molecule has 2 unspecified atom stereocenters. The summed E-state index contributed by atoms with van der Waals surface area (Å²) in [6.45, 7) is 5.51. The molecule has 0 saturated heterocycles. The summed E-state index contributed by atoms with van der Waals surface area (Å²) in [6.07, 6.45) is -3.21. The molecule has 3 heterocycles. The second-order valence-corrected chi connectivity index (χ2v) is 8.99. The van der Waals surface area contributed by atoms with Gasteiger partial charge in [0.25, 0.3) is 5.91 Å². The van der Waals surface area contributed by atoms with Crippen molar-refractivity contribution in [2.45, 2.75) is 45.6 Å². The number of urea groups is 1. The highest BCUT2D eigenvalue weighted by molar-refractivity contribution is 6.03. The quantitative estimate of drug-likeness (QED) is 0.600. The largest absolute Gasteiger partial charge is 0.467 e. The number of hydrogen-bond acceptors (Lipinski definition) is 4. The smallest absolute Gasteiger partial charge is 0.416 e. The van der Waals surface area contributed by atoms with Gasteiger partial charge in [0.05, 0.1) is 42.2 Å². The molecule has 192 valence electrons. The minimum Gasteiger partial charge on any atom is -0.467 e. The van der Waals surface area contributed by atoms with Gasteiger partial charge in [-0.05, 0) is 36.6 Å². The average Bonchev–Trinajstić information content (AvgIpc) is 3.45. The molecule has 0 aliphatic carbocycles. The molecule has 0 spiro atoms. The minimum absolute atomic E-state index is 0.0395. The van der Waals surface area contributed by atoms with Gasteiger partial charge in [-0.2, -0.15) is 13.2 Å². The summed E-state index contributed by atoms with van der Waals surface area (Å²) >= 11 is 0. The summed E-state index contributed by atoms with van der Waals surface area (Å²) in [5.74, 6) is -0.792. The third-order valence-corrected chi connectivity index (χ3v) is 6.40. The van der Waals surface area contributed by atoms with Crippen LogP contribution in [0.4, 0.5) is 18.0 Å². The van der Waals surface area contributed by atoms with Gasteiger partial charge >= 0.3 is 12.2 Å². The Balaban J connectivity index is 1.70. The predicted molar refractivity (Wildman–Crippen MR) is 123 cm³/mol. The molecule has 2 aliphatic heterocycles. The average molecular weight is 505 g/mol. The van der Waals surface area contributed by atoms with Crippen molar-refractivity contribution in [3.8, 4) is 0 Å². The predicted octanol–water partition coefficient (Wildman–Crippen LogP) is 3.82. The van der Waals surface area contributed by atoms with Crippen molar-refractivity contribution in [3.05, 3.63) is 70.8 Å². The van der Waals surface area contributed by atoms with Crippen LogP contribution in [0.2, 0.25) is 0 Å². The van der Waals surface area contributed by atoms with Gasteiger partial charge in [0.2, 0.25) is 5.91 Å². The first kappa shape index (κ1) is 25.3. The zero-order chi connectivity index (χ0) is 26.2. The van der Waals surface area contributed by atoms with Gasteiger partial charge in [0.15, 0.2) is 0 Å². The lowest BCUT2D eigenvalue weighted by atomic mass is 9.91. The number of halogens is 3. The highest BCUT2D eigenvalue weighted by Gasteiger charge is 2.49. The Morgan fingerprint density at radius 2 is 1.92 bits per heavy atom. The van der Waals surface area contributed by atoms with Crippen molar-refractivity contribution in [2.24, 2.45) is 5.92 Å². The van der Waals surface area contributed by atoms with Crippen molar-refractivity contribution in [3.63, 3.8) is 0 Å². The summed E-state index contributed by atoms with van der Waals surface area (Å²) in [5, 5.41) is 5.34. The van der Waals surface area contributed by atoms with E-state index in [1.54, 1.807) is 32.9 Å². The van der Waals surface area contributed by atoms with Gasteiger partial charge in [-0.3, -0.25) is 14.5 Å². The Kier molecular flexibility index (Phi) is 6.83. The summed E-state index contributed by atoms with van der Waals surface area (Å²) in [5.41, 5.74) is -0.814. The molecule has 0 saturated carbocycles. The van der Waals surface area contributed by atoms with Crippen LogP contribution in [0.5, 0.6) is 0 Å². The van der Waals surface area contributed by atoms with Crippen molar-refractivity contribution < 1.29 is 32.0 Å². The van der Waals surface area contributed by atoms with Crippen LogP contribution in [0.15, 0.2) is 58.3 Å². The lowest BCUT2D eigenvalue weighted by Crippen LogP contribution is -2.51. The second-order valence-electron chi connectivity index (χ2n) is 8.99. The van der Waals surface area contributed by atoms with E-state index in [1.807, 2.05) is 0 Å². The number of nitrogens with one attached hydrogen (secondary N) is 2. The Hall–Kier alpha value is -3.76. The molecule has 2 atom stereocenters. The molecule has 0 fully saturated rings. The Morgan fingerprint density at radius 3 is 2.53 bits per heavy atom. The fraction of sp³-hybridized carbons (Fsp3) is 0.400. The van der Waals surface area contributed by atoms with Gasteiger partial charge < -0.3 is 20.0 Å². The molecule has 2 aliphatic rings. The summed E-state index contributed by atoms with van der Waals surface area (Å²) in [7, 11) is 0. The number of amides is 4. The van der Waals surface area contributed by atoms with Crippen LogP contribution >= 0.6 is 0 Å². The molecule has 36 heavy (non-hydrogen) atoms. The molecule has 4 rings (SSSR count). The van der Waals surface area contributed by atoms with E-state index in [1.165, 1.54) is 34.3 Å². The SMILES string of the molecule is CCN1C(=O)NC(c2ccccc2C(F)(F)F)C2=C1CN(C(C(=O)NCc1ccco1)C(C)C)C2=O. The number of hydrogen-bond donors (Lipinski definition) is 2. The molecule has 1 aromatic carbocycles. The van der Waals surface area contributed by atoms with Crippen LogP contribution in [0.1, 0.15) is 43.7 Å². The lowest BCUT2D eigenvalue weighted by Gasteiger charge is -2.33. The van der Waals surface area contributed by atoms with Crippen LogP contribution in [0.25, 0.3) is 0 Å². The number of furan rings is 1. The van der Waals surface area contributed by atoms with Crippen molar-refractivity contribution in [2.75, 3.05) is 13.1 Å². The number of benzene rings is 1. The third kappa shape index (κ3) is 4.57. The van der Waals surface area contributed by atoms with Crippen molar-refractivity contribution >= 4 is 17.8 Å². The molecule has 0 radical (unpaired) electrons. The molecule has 11 heteroatoms. The summed E-state index contributed by atoms with van der Waals surface area (Å²) < 4.78 is 46.7. The van der Waals surface area contributed by atoms with E-state index < -0.39 is 41.7 Å². The molecule has 2 aromatic rings. The molecular weight excluding hydrogens is 477 g/mol. The first-order chi connectivity index (χ1) is 17.0. The zero-order valence-electron chi connectivity index (χ0n) is 20.1. The van der Waals surface area contributed by atoms with Crippen LogP contribution < -0.4 is 10.6 Å². The van der Waals surface area contributed by atoms with Crippen molar-refractivity contribution in [1.29, 1.82) is 0 Å². The zero-order valence-corrected chi connectivity index (χ0v) is 20.1. The Morgan fingerprint density at radius 1 is 1.19 bits per heavy atom. The summed E-state index contributed by atoms with van der Waals surface area (Å²) in [6, 6.07) is 5.43. The normalized spacial score (nSPS) is 19.0. The highest BCUT2D eigenvalue weighted by Crippen LogP contribution is 2.42. The van der Waals surface area contributed by atoms with Gasteiger partial charge in [-0.15, -0.1) is 0 Å². The molecule has 4 amide bonds. The molecule has 2 N–H and O–H groups in total. The summed E-state index contributed by atoms with van der Waals surface area (Å²) in [4.78, 5) is 42.4. The topological polar surface area (TPSA) is 94.9 Å². The Bertz CT molecular complexity index is 1190. The molecule has 8 nitrogen and oxygen atoms in total. The number of rotatable bonds is 7. The first-order valence-electron chi connectivity index (χ1n) is 11.6. The molecule has 1 aromatic heterocycles. The highest BCUT2D eigenvalue weighted by atomic mass is 19.4. The maximum atomic E-state index is 13.8. The van der Waals surface area contributed by atoms with Crippen LogP contribution in [0, 0.1) is 5.92 Å². The van der Waals surface area contributed by atoms with E-state index in [4.69, 9.17) is 4.42 Å². The van der Waals surface area contributed by atoms with E-state index in [2.05, 4.69) is 10.6 Å². The van der Waals surface area contributed by atoms with E-state index in [0.717, 1.165) is 6.07 Å². The first-order valence-corrected chi connectivity index (χ1v) is 11.6. The second kappa shape index (κ2) is 9.71. The number of carbonyl (C=O) groups is 3. The van der Waals surface area contributed by atoms with Gasteiger partial charge in [-0.1, -0.05) is 32.0 Å². The Labute approximate surface area is 206 Å². The van der Waals surface area contributed by atoms with Gasteiger partial charge in [-0.25, -0.2) is 4.79 Å². The maximum Gasteiger partial charge on any atom is 0.416 e. The monoisotopic (exact) mass is 504 g/mol. The number of nitrogens with zero attached hydrogens (tertiary/aromatic N) is 2. The molecular formula is C25H27F3N4O4.